The van der Waals surface area contributed by atoms with E-state index in [1.54, 1.807) is 27.8 Å². The summed E-state index contributed by atoms with van der Waals surface area (Å²) in [6.45, 7) is 4.01. The van der Waals surface area contributed by atoms with Gasteiger partial charge in [0.05, 0.1) is 31.1 Å². The lowest BCUT2D eigenvalue weighted by Gasteiger charge is -2.30. The van der Waals surface area contributed by atoms with Crippen LogP contribution in [0.2, 0.25) is 0 Å². The van der Waals surface area contributed by atoms with E-state index < -0.39 is 0 Å². The molecule has 142 valence electrons. The number of hydrogen-bond acceptors (Lipinski definition) is 6. The van der Waals surface area contributed by atoms with Gasteiger partial charge in [-0.15, -0.1) is 0 Å². The molecule has 2 aromatic rings. The van der Waals surface area contributed by atoms with E-state index in [1.165, 1.54) is 26.1 Å². The minimum Gasteiger partial charge on any atom is -0.494 e. The summed E-state index contributed by atoms with van der Waals surface area (Å²) >= 11 is 0. The van der Waals surface area contributed by atoms with Crippen molar-refractivity contribution in [2.24, 2.45) is 0 Å². The Balaban J connectivity index is 1.57. The van der Waals surface area contributed by atoms with Crippen LogP contribution < -0.4 is 10.3 Å². The molecule has 1 fully saturated rings. The Morgan fingerprint density at radius 2 is 2.04 bits per heavy atom. The third-order valence-corrected chi connectivity index (χ3v) is 5.17. The number of likely N-dealkylation sites (tertiary alicyclic amines) is 1. The lowest BCUT2D eigenvalue weighted by atomic mass is 10.2. The minimum absolute atomic E-state index is 0.0391. The molecule has 8 heteroatoms. The van der Waals surface area contributed by atoms with E-state index >= 15 is 0 Å². The summed E-state index contributed by atoms with van der Waals surface area (Å²) < 4.78 is 6.92. The number of methoxy groups -OCH3 is 1. The highest BCUT2D eigenvalue weighted by Gasteiger charge is 2.26. The molecule has 0 spiro atoms. The van der Waals surface area contributed by atoms with Crippen LogP contribution in [0.4, 0.5) is 0 Å². The molecule has 1 saturated heterocycles. The molecule has 0 saturated carbocycles. The highest BCUT2D eigenvalue weighted by Crippen LogP contribution is 2.20. The molecule has 0 radical (unpaired) electrons. The lowest BCUT2D eigenvalue weighted by molar-refractivity contribution is 0.0699. The molecule has 0 bridgehead atoms. The number of nitrogens with zero attached hydrogens (tertiary/aromatic N) is 5. The summed E-state index contributed by atoms with van der Waals surface area (Å²) in [6, 6.07) is 3.28. The van der Waals surface area contributed by atoms with Crippen LogP contribution in [0.5, 0.6) is 5.75 Å². The second-order valence-electron chi connectivity index (χ2n) is 6.94. The highest BCUT2D eigenvalue weighted by molar-refractivity contribution is 5.96. The van der Waals surface area contributed by atoms with E-state index in [4.69, 9.17) is 9.72 Å². The predicted molar refractivity (Wildman–Crippen MR) is 98.5 cm³/mol. The number of pyridine rings is 1. The van der Waals surface area contributed by atoms with Gasteiger partial charge in [-0.05, 0) is 32.0 Å². The topological polar surface area (TPSA) is 80.6 Å². The number of rotatable bonds is 4. The molecule has 2 aliphatic heterocycles. The van der Waals surface area contributed by atoms with Gasteiger partial charge < -0.3 is 9.64 Å². The Hall–Kier alpha value is -2.74. The first-order valence-corrected chi connectivity index (χ1v) is 9.25. The fraction of sp³-hybridized carbons (Fsp3) is 0.474. The SMILES string of the molecule is COc1cnccc1C(=O)N1CCn2c(nc(CN3CCCC3)cc2=O)C1. The average Bonchev–Trinajstić information content (AvgIpc) is 3.20. The van der Waals surface area contributed by atoms with Crippen molar-refractivity contribution in [2.45, 2.75) is 32.5 Å². The fourth-order valence-electron chi connectivity index (χ4n) is 3.75. The summed E-state index contributed by atoms with van der Waals surface area (Å²) in [5, 5.41) is 0. The van der Waals surface area contributed by atoms with Crippen molar-refractivity contribution in [2.75, 3.05) is 26.7 Å². The normalized spacial score (nSPS) is 17.0. The zero-order valence-corrected chi connectivity index (χ0v) is 15.4. The van der Waals surface area contributed by atoms with Gasteiger partial charge in [-0.1, -0.05) is 0 Å². The van der Waals surface area contributed by atoms with Crippen LogP contribution in [0, 0.1) is 0 Å². The quantitative estimate of drug-likeness (QED) is 0.797. The first kappa shape index (κ1) is 17.7. The molecule has 8 nitrogen and oxygen atoms in total. The van der Waals surface area contributed by atoms with Crippen molar-refractivity contribution in [3.8, 4) is 5.75 Å². The van der Waals surface area contributed by atoms with E-state index in [9.17, 15) is 9.59 Å². The molecule has 2 aromatic heterocycles. The maximum atomic E-state index is 12.9. The third-order valence-electron chi connectivity index (χ3n) is 5.17. The third kappa shape index (κ3) is 3.57. The van der Waals surface area contributed by atoms with Crippen LogP contribution in [0.3, 0.4) is 0 Å². The summed E-state index contributed by atoms with van der Waals surface area (Å²) in [5.41, 5.74) is 1.21. The maximum absolute atomic E-state index is 12.9. The second kappa shape index (κ2) is 7.48. The number of aromatic nitrogens is 3. The monoisotopic (exact) mass is 369 g/mol. The van der Waals surface area contributed by atoms with Crippen molar-refractivity contribution in [3.63, 3.8) is 0 Å². The fourth-order valence-corrected chi connectivity index (χ4v) is 3.75. The second-order valence-corrected chi connectivity index (χ2v) is 6.94. The van der Waals surface area contributed by atoms with Gasteiger partial charge in [0.2, 0.25) is 0 Å². The summed E-state index contributed by atoms with van der Waals surface area (Å²) in [4.78, 5) is 38.1. The Labute approximate surface area is 157 Å². The summed E-state index contributed by atoms with van der Waals surface area (Å²) in [7, 11) is 1.52. The van der Waals surface area contributed by atoms with E-state index in [2.05, 4.69) is 9.88 Å². The van der Waals surface area contributed by atoms with E-state index in [0.717, 1.165) is 18.8 Å². The number of ether oxygens (including phenoxy) is 1. The molecule has 0 atom stereocenters. The van der Waals surface area contributed by atoms with Crippen LogP contribution in [-0.4, -0.2) is 57.0 Å². The van der Waals surface area contributed by atoms with Gasteiger partial charge >= 0.3 is 0 Å². The molecule has 0 aliphatic carbocycles. The first-order valence-electron chi connectivity index (χ1n) is 9.25. The Morgan fingerprint density at radius 1 is 1.22 bits per heavy atom. The molecule has 4 rings (SSSR count). The van der Waals surface area contributed by atoms with E-state index in [0.29, 0.717) is 43.3 Å². The van der Waals surface area contributed by atoms with Crippen molar-refractivity contribution in [1.29, 1.82) is 0 Å². The number of carbonyl (C=O) groups is 1. The molecule has 0 N–H and O–H groups in total. The number of amides is 1. The van der Waals surface area contributed by atoms with Crippen molar-refractivity contribution in [3.05, 3.63) is 52.0 Å². The standard InChI is InChI=1S/C19H23N5O3/c1-27-16-11-20-5-4-15(16)19(26)23-8-9-24-17(13-23)21-14(10-18(24)25)12-22-6-2-3-7-22/h4-5,10-11H,2-3,6-9,12-13H2,1H3. The predicted octanol–water partition coefficient (Wildman–Crippen LogP) is 0.899. The molecule has 4 heterocycles. The molecular weight excluding hydrogens is 346 g/mol. The zero-order chi connectivity index (χ0) is 18.8. The van der Waals surface area contributed by atoms with Gasteiger partial charge in [0, 0.05) is 31.9 Å². The molecule has 27 heavy (non-hydrogen) atoms. The van der Waals surface area contributed by atoms with E-state index in [-0.39, 0.29) is 11.5 Å². The Bertz CT molecular complexity index is 904. The smallest absolute Gasteiger partial charge is 0.258 e. The van der Waals surface area contributed by atoms with Crippen molar-refractivity contribution >= 4 is 5.91 Å². The maximum Gasteiger partial charge on any atom is 0.258 e. The number of fused-ring (bicyclic) bond motifs is 1. The van der Waals surface area contributed by atoms with Crippen LogP contribution in [0.25, 0.3) is 0 Å². The molecular formula is C19H23N5O3. The Morgan fingerprint density at radius 3 is 2.81 bits per heavy atom. The first-order chi connectivity index (χ1) is 13.2. The minimum atomic E-state index is -0.139. The average molecular weight is 369 g/mol. The molecule has 1 amide bonds. The van der Waals surface area contributed by atoms with Crippen LogP contribution in [0.1, 0.15) is 34.7 Å². The zero-order valence-electron chi connectivity index (χ0n) is 15.4. The Kier molecular flexibility index (Phi) is 4.89. The van der Waals surface area contributed by atoms with Gasteiger partial charge in [0.1, 0.15) is 11.6 Å². The van der Waals surface area contributed by atoms with Crippen molar-refractivity contribution < 1.29 is 9.53 Å². The number of hydrogen-bond donors (Lipinski definition) is 0. The highest BCUT2D eigenvalue weighted by atomic mass is 16.5. The van der Waals surface area contributed by atoms with Gasteiger partial charge in [-0.2, -0.15) is 0 Å². The van der Waals surface area contributed by atoms with Gasteiger partial charge in [0.15, 0.2) is 0 Å². The van der Waals surface area contributed by atoms with Gasteiger partial charge in [-0.25, -0.2) is 4.98 Å². The number of carbonyl (C=O) groups excluding carboxylic acids is 1. The van der Waals surface area contributed by atoms with E-state index in [1.807, 2.05) is 0 Å². The summed E-state index contributed by atoms with van der Waals surface area (Å²) in [5.74, 6) is 0.949. The van der Waals surface area contributed by atoms with Crippen LogP contribution >= 0.6 is 0 Å². The lowest BCUT2D eigenvalue weighted by Crippen LogP contribution is -2.43. The largest absolute Gasteiger partial charge is 0.494 e. The molecule has 0 unspecified atom stereocenters. The van der Waals surface area contributed by atoms with Crippen molar-refractivity contribution in [1.82, 2.24) is 24.3 Å². The molecule has 0 aromatic carbocycles. The van der Waals surface area contributed by atoms with Crippen LogP contribution in [-0.2, 0) is 19.6 Å². The van der Waals surface area contributed by atoms with Crippen LogP contribution in [0.15, 0.2) is 29.3 Å². The van der Waals surface area contributed by atoms with Gasteiger partial charge in [-0.3, -0.25) is 24.0 Å². The molecule has 2 aliphatic rings. The van der Waals surface area contributed by atoms with Gasteiger partial charge in [0.25, 0.3) is 11.5 Å². The summed E-state index contributed by atoms with van der Waals surface area (Å²) in [6.07, 6.45) is 5.49.